The highest BCUT2D eigenvalue weighted by Gasteiger charge is 2.36. The Morgan fingerprint density at radius 3 is 2.78 bits per heavy atom. The average molecular weight is 255 g/mol. The maximum absolute atomic E-state index is 5.77. The minimum atomic E-state index is 0.348. The summed E-state index contributed by atoms with van der Waals surface area (Å²) in [6.45, 7) is 9.25. The third-order valence-corrected chi connectivity index (χ3v) is 4.14. The van der Waals surface area contributed by atoms with Crippen LogP contribution in [0.4, 0.5) is 0 Å². The topological polar surface area (TPSA) is 30.5 Å². The van der Waals surface area contributed by atoms with Gasteiger partial charge in [0.05, 0.1) is 6.61 Å². The van der Waals surface area contributed by atoms with Gasteiger partial charge in [0, 0.05) is 37.8 Å². The summed E-state index contributed by atoms with van der Waals surface area (Å²) in [5.41, 5.74) is 0.348. The number of hydrogen-bond acceptors (Lipinski definition) is 3. The zero-order valence-electron chi connectivity index (χ0n) is 12.0. The van der Waals surface area contributed by atoms with Crippen molar-refractivity contribution in [1.82, 2.24) is 5.32 Å². The van der Waals surface area contributed by atoms with Crippen LogP contribution in [0.25, 0.3) is 0 Å². The van der Waals surface area contributed by atoms with Crippen LogP contribution in [0.15, 0.2) is 0 Å². The zero-order chi connectivity index (χ0) is 12.8. The van der Waals surface area contributed by atoms with Gasteiger partial charge in [0.2, 0.25) is 0 Å². The number of rotatable bonds is 9. The van der Waals surface area contributed by atoms with Gasteiger partial charge in [-0.05, 0) is 38.0 Å². The van der Waals surface area contributed by atoms with Crippen LogP contribution in [-0.4, -0.2) is 39.0 Å². The molecule has 0 spiro atoms. The molecule has 0 aromatic carbocycles. The Hall–Kier alpha value is -0.120. The summed E-state index contributed by atoms with van der Waals surface area (Å²) in [5, 5.41) is 3.66. The van der Waals surface area contributed by atoms with Crippen molar-refractivity contribution in [1.29, 1.82) is 0 Å². The van der Waals surface area contributed by atoms with Gasteiger partial charge in [0.15, 0.2) is 0 Å². The van der Waals surface area contributed by atoms with Crippen LogP contribution in [0.2, 0.25) is 0 Å². The lowest BCUT2D eigenvalue weighted by Crippen LogP contribution is -2.37. The highest BCUT2D eigenvalue weighted by molar-refractivity contribution is 4.89. The molecule has 1 N–H and O–H groups in total. The molecule has 1 saturated heterocycles. The van der Waals surface area contributed by atoms with Crippen LogP contribution < -0.4 is 5.32 Å². The second-order valence-electron chi connectivity index (χ2n) is 6.50. The van der Waals surface area contributed by atoms with Crippen LogP contribution in [0.3, 0.4) is 0 Å². The molecule has 0 aromatic rings. The van der Waals surface area contributed by atoms with Crippen molar-refractivity contribution in [2.75, 3.05) is 33.0 Å². The molecule has 0 radical (unpaired) electrons. The van der Waals surface area contributed by atoms with E-state index < -0.39 is 0 Å². The highest BCUT2D eigenvalue weighted by Crippen LogP contribution is 2.33. The molecule has 2 fully saturated rings. The summed E-state index contributed by atoms with van der Waals surface area (Å²) in [5.74, 6) is 0.741. The lowest BCUT2D eigenvalue weighted by Gasteiger charge is -2.27. The van der Waals surface area contributed by atoms with Gasteiger partial charge in [0.1, 0.15) is 0 Å². The monoisotopic (exact) mass is 255 g/mol. The van der Waals surface area contributed by atoms with Crippen molar-refractivity contribution in [2.45, 2.75) is 52.0 Å². The first kappa shape index (κ1) is 14.3. The third kappa shape index (κ3) is 4.87. The fourth-order valence-electron chi connectivity index (χ4n) is 2.43. The van der Waals surface area contributed by atoms with Gasteiger partial charge >= 0.3 is 0 Å². The Labute approximate surface area is 112 Å². The van der Waals surface area contributed by atoms with E-state index in [2.05, 4.69) is 19.2 Å². The standard InChI is InChI=1S/C15H29NO2/c1-13(2)5-8-17-9-6-15(7-10-18-12-15)11-16-14-3-4-14/h13-14,16H,3-12H2,1-2H3. The lowest BCUT2D eigenvalue weighted by atomic mass is 9.84. The van der Waals surface area contributed by atoms with E-state index in [1.165, 1.54) is 25.7 Å². The van der Waals surface area contributed by atoms with E-state index in [0.29, 0.717) is 5.41 Å². The number of hydrogen-bond donors (Lipinski definition) is 1. The quantitative estimate of drug-likeness (QED) is 0.642. The summed E-state index contributed by atoms with van der Waals surface area (Å²) in [4.78, 5) is 0. The Balaban J connectivity index is 1.62. The van der Waals surface area contributed by atoms with Crippen LogP contribution in [-0.2, 0) is 9.47 Å². The normalized spacial score (nSPS) is 28.2. The Morgan fingerprint density at radius 1 is 1.33 bits per heavy atom. The molecule has 18 heavy (non-hydrogen) atoms. The SMILES string of the molecule is CC(C)CCOCCC1(CNC2CC2)CCOC1. The predicted molar refractivity (Wildman–Crippen MR) is 73.8 cm³/mol. The molecular weight excluding hydrogens is 226 g/mol. The Kier molecular flexibility index (Phi) is 5.46. The molecule has 1 heterocycles. The van der Waals surface area contributed by atoms with E-state index >= 15 is 0 Å². The van der Waals surface area contributed by atoms with E-state index in [9.17, 15) is 0 Å². The van der Waals surface area contributed by atoms with Crippen LogP contribution in [0.1, 0.15) is 46.0 Å². The van der Waals surface area contributed by atoms with Crippen molar-refractivity contribution >= 4 is 0 Å². The van der Waals surface area contributed by atoms with Crippen LogP contribution >= 0.6 is 0 Å². The zero-order valence-corrected chi connectivity index (χ0v) is 12.0. The van der Waals surface area contributed by atoms with Gasteiger partial charge in [-0.2, -0.15) is 0 Å². The molecule has 1 unspecified atom stereocenters. The smallest absolute Gasteiger partial charge is 0.0536 e. The molecule has 0 aromatic heterocycles. The molecule has 0 bridgehead atoms. The summed E-state index contributed by atoms with van der Waals surface area (Å²) in [6.07, 6.45) is 6.23. The lowest BCUT2D eigenvalue weighted by molar-refractivity contribution is 0.0751. The van der Waals surface area contributed by atoms with Crippen molar-refractivity contribution in [3.63, 3.8) is 0 Å². The maximum atomic E-state index is 5.77. The van der Waals surface area contributed by atoms with E-state index in [4.69, 9.17) is 9.47 Å². The molecule has 1 saturated carbocycles. The van der Waals surface area contributed by atoms with Gasteiger partial charge in [-0.15, -0.1) is 0 Å². The second kappa shape index (κ2) is 6.88. The molecular formula is C15H29NO2. The number of ether oxygens (including phenoxy) is 2. The first-order valence-electron chi connectivity index (χ1n) is 7.59. The molecule has 3 nitrogen and oxygen atoms in total. The molecule has 106 valence electrons. The first-order valence-corrected chi connectivity index (χ1v) is 7.59. The minimum Gasteiger partial charge on any atom is -0.381 e. The average Bonchev–Trinajstić information content (AvgIpc) is 3.06. The number of nitrogens with one attached hydrogen (secondary N) is 1. The Bertz CT molecular complexity index is 233. The third-order valence-electron chi connectivity index (χ3n) is 4.14. The second-order valence-corrected chi connectivity index (χ2v) is 6.50. The van der Waals surface area contributed by atoms with Crippen molar-refractivity contribution in [3.8, 4) is 0 Å². The van der Waals surface area contributed by atoms with Gasteiger partial charge in [-0.25, -0.2) is 0 Å². The molecule has 1 aliphatic carbocycles. The minimum absolute atomic E-state index is 0.348. The van der Waals surface area contributed by atoms with Gasteiger partial charge in [-0.1, -0.05) is 13.8 Å². The maximum Gasteiger partial charge on any atom is 0.0536 e. The summed E-state index contributed by atoms with van der Waals surface area (Å²) in [6, 6.07) is 0.796. The molecule has 1 aliphatic heterocycles. The molecule has 3 heteroatoms. The van der Waals surface area contributed by atoms with E-state index in [-0.39, 0.29) is 0 Å². The van der Waals surface area contributed by atoms with E-state index in [1.54, 1.807) is 0 Å². The fraction of sp³-hybridized carbons (Fsp3) is 1.00. The van der Waals surface area contributed by atoms with Gasteiger partial charge < -0.3 is 14.8 Å². The van der Waals surface area contributed by atoms with Gasteiger partial charge in [0.25, 0.3) is 0 Å². The largest absolute Gasteiger partial charge is 0.381 e. The van der Waals surface area contributed by atoms with Crippen molar-refractivity contribution in [3.05, 3.63) is 0 Å². The predicted octanol–water partition coefficient (Wildman–Crippen LogP) is 2.60. The van der Waals surface area contributed by atoms with Crippen LogP contribution in [0, 0.1) is 11.3 Å². The summed E-state index contributed by atoms with van der Waals surface area (Å²) >= 11 is 0. The Morgan fingerprint density at radius 2 is 2.17 bits per heavy atom. The van der Waals surface area contributed by atoms with Crippen molar-refractivity contribution < 1.29 is 9.47 Å². The fourth-order valence-corrected chi connectivity index (χ4v) is 2.43. The highest BCUT2D eigenvalue weighted by atomic mass is 16.5. The first-order chi connectivity index (χ1) is 8.70. The van der Waals surface area contributed by atoms with Gasteiger partial charge in [-0.3, -0.25) is 0 Å². The molecule has 1 atom stereocenters. The molecule has 2 aliphatic rings. The van der Waals surface area contributed by atoms with Crippen molar-refractivity contribution in [2.24, 2.45) is 11.3 Å². The van der Waals surface area contributed by atoms with Crippen LogP contribution in [0.5, 0.6) is 0 Å². The molecule has 0 amide bonds. The summed E-state index contributed by atoms with van der Waals surface area (Å²) < 4.78 is 11.4. The molecule has 2 rings (SSSR count). The summed E-state index contributed by atoms with van der Waals surface area (Å²) in [7, 11) is 0. The van der Waals surface area contributed by atoms with E-state index in [1.807, 2.05) is 0 Å². The van der Waals surface area contributed by atoms with E-state index in [0.717, 1.165) is 51.4 Å².